The Morgan fingerprint density at radius 3 is 2.78 bits per heavy atom. The third-order valence-electron chi connectivity index (χ3n) is 3.82. The van der Waals surface area contributed by atoms with Crippen LogP contribution in [0.2, 0.25) is 0 Å². The van der Waals surface area contributed by atoms with Crippen LogP contribution < -0.4 is 4.90 Å². The quantitative estimate of drug-likeness (QED) is 0.775. The summed E-state index contributed by atoms with van der Waals surface area (Å²) in [6, 6.07) is 9.15. The first-order valence-corrected chi connectivity index (χ1v) is 7.38. The van der Waals surface area contributed by atoms with E-state index in [-0.39, 0.29) is 0 Å². The molecule has 0 aromatic heterocycles. The van der Waals surface area contributed by atoms with E-state index in [2.05, 4.69) is 48.0 Å². The summed E-state index contributed by atoms with van der Waals surface area (Å²) in [4.78, 5) is 5.00. The van der Waals surface area contributed by atoms with Crippen LogP contribution in [0.5, 0.6) is 0 Å². The average molecular weight is 267 g/mol. The molecule has 0 saturated carbocycles. The molecule has 3 heteroatoms. The summed E-state index contributed by atoms with van der Waals surface area (Å²) in [5.41, 5.74) is 2.58. The van der Waals surface area contributed by atoms with E-state index in [9.17, 15) is 0 Å². The Hall–Kier alpha value is -0.730. The van der Waals surface area contributed by atoms with Gasteiger partial charge in [-0.1, -0.05) is 25.1 Å². The Labute approximate surface area is 116 Å². The molecule has 1 aliphatic heterocycles. The number of benzene rings is 1. The minimum Gasteiger partial charge on any atom is -0.367 e. The van der Waals surface area contributed by atoms with Gasteiger partial charge in [0.05, 0.1) is 0 Å². The number of hydrogen-bond donors (Lipinski definition) is 0. The molecule has 0 N–H and O–H groups in total. The molecule has 1 aromatic rings. The predicted molar refractivity (Wildman–Crippen MR) is 79.5 cm³/mol. The van der Waals surface area contributed by atoms with Gasteiger partial charge in [0, 0.05) is 30.7 Å². The Morgan fingerprint density at radius 2 is 2.06 bits per heavy atom. The molecule has 18 heavy (non-hydrogen) atoms. The van der Waals surface area contributed by atoms with Gasteiger partial charge in [-0.3, -0.25) is 0 Å². The summed E-state index contributed by atoms with van der Waals surface area (Å²) in [7, 11) is 2.22. The number of halogens is 1. The third kappa shape index (κ3) is 2.99. The van der Waals surface area contributed by atoms with Crippen molar-refractivity contribution in [1.82, 2.24) is 4.90 Å². The first-order valence-electron chi connectivity index (χ1n) is 6.85. The highest BCUT2D eigenvalue weighted by Gasteiger charge is 2.23. The molecule has 1 aromatic carbocycles. The molecule has 1 aliphatic rings. The minimum atomic E-state index is 0.596. The van der Waals surface area contributed by atoms with Gasteiger partial charge in [0.1, 0.15) is 0 Å². The molecule has 1 heterocycles. The maximum Gasteiger partial charge on any atom is 0.0494 e. The van der Waals surface area contributed by atoms with Gasteiger partial charge >= 0.3 is 0 Å². The van der Waals surface area contributed by atoms with E-state index in [0.29, 0.717) is 11.9 Å². The standard InChI is InChI=1S/C15H23ClN2/c1-3-14-12-17(2)9-6-10-18(14)15-8-5-4-7-13(15)11-16/h4-5,7-8,14H,3,6,9-12H2,1-2H3. The van der Waals surface area contributed by atoms with Crippen molar-refractivity contribution in [3.8, 4) is 0 Å². The molecule has 0 spiro atoms. The van der Waals surface area contributed by atoms with Gasteiger partial charge in [-0.25, -0.2) is 0 Å². The molecule has 1 fully saturated rings. The normalized spacial score (nSPS) is 21.9. The van der Waals surface area contributed by atoms with Gasteiger partial charge in [-0.05, 0) is 38.1 Å². The molecular weight excluding hydrogens is 244 g/mol. The highest BCUT2D eigenvalue weighted by atomic mass is 35.5. The van der Waals surface area contributed by atoms with E-state index >= 15 is 0 Å². The highest BCUT2D eigenvalue weighted by molar-refractivity contribution is 6.17. The fourth-order valence-electron chi connectivity index (χ4n) is 2.81. The van der Waals surface area contributed by atoms with Crippen molar-refractivity contribution in [2.75, 3.05) is 31.6 Å². The molecule has 0 aliphatic carbocycles. The van der Waals surface area contributed by atoms with Crippen LogP contribution in [0.25, 0.3) is 0 Å². The van der Waals surface area contributed by atoms with Crippen LogP contribution in [-0.2, 0) is 5.88 Å². The molecule has 2 rings (SSSR count). The fourth-order valence-corrected chi connectivity index (χ4v) is 3.04. The molecule has 0 amide bonds. The molecule has 1 saturated heterocycles. The van der Waals surface area contributed by atoms with Gasteiger partial charge in [0.2, 0.25) is 0 Å². The average Bonchev–Trinajstić information content (AvgIpc) is 2.60. The van der Waals surface area contributed by atoms with Crippen LogP contribution in [0.4, 0.5) is 5.69 Å². The molecule has 0 radical (unpaired) electrons. The van der Waals surface area contributed by atoms with Crippen molar-refractivity contribution in [3.63, 3.8) is 0 Å². The summed E-state index contributed by atoms with van der Waals surface area (Å²) in [5.74, 6) is 0.596. The first kappa shape index (κ1) is 13.7. The summed E-state index contributed by atoms with van der Waals surface area (Å²) >= 11 is 6.07. The van der Waals surface area contributed by atoms with E-state index in [4.69, 9.17) is 11.6 Å². The van der Waals surface area contributed by atoms with Crippen LogP contribution in [0.15, 0.2) is 24.3 Å². The van der Waals surface area contributed by atoms with E-state index in [0.717, 1.165) is 13.1 Å². The van der Waals surface area contributed by atoms with Crippen LogP contribution >= 0.6 is 11.6 Å². The summed E-state index contributed by atoms with van der Waals surface area (Å²) in [6.45, 7) is 5.75. The first-order chi connectivity index (χ1) is 8.76. The Kier molecular flexibility index (Phi) is 4.90. The number of rotatable bonds is 3. The van der Waals surface area contributed by atoms with Crippen molar-refractivity contribution in [1.29, 1.82) is 0 Å². The highest BCUT2D eigenvalue weighted by Crippen LogP contribution is 2.26. The van der Waals surface area contributed by atoms with Crippen molar-refractivity contribution in [3.05, 3.63) is 29.8 Å². The Morgan fingerprint density at radius 1 is 1.28 bits per heavy atom. The zero-order valence-electron chi connectivity index (χ0n) is 11.4. The lowest BCUT2D eigenvalue weighted by Crippen LogP contribution is -2.40. The summed E-state index contributed by atoms with van der Waals surface area (Å²) in [6.07, 6.45) is 2.41. The molecule has 1 unspecified atom stereocenters. The second kappa shape index (κ2) is 6.44. The number of likely N-dealkylation sites (N-methyl/N-ethyl adjacent to an activating group) is 1. The lowest BCUT2D eigenvalue weighted by Gasteiger charge is -2.33. The van der Waals surface area contributed by atoms with Gasteiger partial charge in [0.25, 0.3) is 0 Å². The van der Waals surface area contributed by atoms with E-state index in [1.54, 1.807) is 0 Å². The largest absolute Gasteiger partial charge is 0.367 e. The molecule has 0 bridgehead atoms. The van der Waals surface area contributed by atoms with Crippen LogP contribution in [-0.4, -0.2) is 37.6 Å². The van der Waals surface area contributed by atoms with Gasteiger partial charge in [-0.2, -0.15) is 0 Å². The van der Waals surface area contributed by atoms with Gasteiger partial charge in [-0.15, -0.1) is 11.6 Å². The van der Waals surface area contributed by atoms with Crippen LogP contribution in [0, 0.1) is 0 Å². The molecule has 2 nitrogen and oxygen atoms in total. The summed E-state index contributed by atoms with van der Waals surface area (Å²) < 4.78 is 0. The lowest BCUT2D eigenvalue weighted by molar-refractivity contribution is 0.328. The van der Waals surface area contributed by atoms with Crippen molar-refractivity contribution >= 4 is 17.3 Å². The zero-order chi connectivity index (χ0) is 13.0. The number of hydrogen-bond acceptors (Lipinski definition) is 2. The van der Waals surface area contributed by atoms with Crippen molar-refractivity contribution in [2.45, 2.75) is 31.7 Å². The Bertz CT molecular complexity index is 381. The SMILES string of the molecule is CCC1CN(C)CCCN1c1ccccc1CCl. The number of para-hydroxylation sites is 1. The van der Waals surface area contributed by atoms with Crippen molar-refractivity contribution < 1.29 is 0 Å². The smallest absolute Gasteiger partial charge is 0.0494 e. The number of alkyl halides is 1. The van der Waals surface area contributed by atoms with Crippen molar-refractivity contribution in [2.24, 2.45) is 0 Å². The second-order valence-corrected chi connectivity index (χ2v) is 5.40. The minimum absolute atomic E-state index is 0.596. The van der Waals surface area contributed by atoms with E-state index < -0.39 is 0 Å². The van der Waals surface area contributed by atoms with Crippen LogP contribution in [0.1, 0.15) is 25.3 Å². The third-order valence-corrected chi connectivity index (χ3v) is 4.11. The topological polar surface area (TPSA) is 6.48 Å². The summed E-state index contributed by atoms with van der Waals surface area (Å²) in [5, 5.41) is 0. The maximum absolute atomic E-state index is 6.07. The van der Waals surface area contributed by atoms with E-state index in [1.807, 2.05) is 0 Å². The fraction of sp³-hybridized carbons (Fsp3) is 0.600. The molecule has 100 valence electrons. The predicted octanol–water partition coefficient (Wildman–Crippen LogP) is 3.35. The van der Waals surface area contributed by atoms with E-state index in [1.165, 1.54) is 30.6 Å². The number of nitrogens with zero attached hydrogens (tertiary/aromatic N) is 2. The van der Waals surface area contributed by atoms with Crippen LogP contribution in [0.3, 0.4) is 0 Å². The van der Waals surface area contributed by atoms with Gasteiger partial charge in [0.15, 0.2) is 0 Å². The maximum atomic E-state index is 6.07. The number of anilines is 1. The second-order valence-electron chi connectivity index (χ2n) is 5.13. The van der Waals surface area contributed by atoms with Gasteiger partial charge < -0.3 is 9.80 Å². The molecular formula is C15H23ClN2. The zero-order valence-corrected chi connectivity index (χ0v) is 12.2. The lowest BCUT2D eigenvalue weighted by atomic mass is 10.1. The monoisotopic (exact) mass is 266 g/mol. The molecule has 1 atom stereocenters. The Balaban J connectivity index is 2.28.